The number of hydrogen-bond acceptors (Lipinski definition) is 3. The van der Waals surface area contributed by atoms with Crippen molar-refractivity contribution in [2.75, 3.05) is 13.1 Å². The number of nitrogens with one attached hydrogen (secondary N) is 2. The van der Waals surface area contributed by atoms with Crippen LogP contribution >= 0.6 is 27.3 Å². The van der Waals surface area contributed by atoms with Crippen molar-refractivity contribution < 1.29 is 4.79 Å². The fraction of sp³-hybridized carbons (Fsp3) is 0.500. The molecule has 1 fully saturated rings. The number of carbonyl (C=O) groups excluding carboxylic acids is 1. The zero-order valence-electron chi connectivity index (χ0n) is 8.25. The van der Waals surface area contributed by atoms with Crippen molar-refractivity contribution in [3.63, 3.8) is 0 Å². The lowest BCUT2D eigenvalue weighted by Crippen LogP contribution is -2.42. The van der Waals surface area contributed by atoms with E-state index >= 15 is 0 Å². The molecule has 2 N–H and O–H groups in total. The van der Waals surface area contributed by atoms with Crippen molar-refractivity contribution in [2.24, 2.45) is 0 Å². The van der Waals surface area contributed by atoms with Gasteiger partial charge >= 0.3 is 0 Å². The predicted octanol–water partition coefficient (Wildman–Crippen LogP) is 1.99. The maximum absolute atomic E-state index is 11.8. The maximum atomic E-state index is 11.8. The van der Waals surface area contributed by atoms with Crippen LogP contribution in [0.5, 0.6) is 0 Å². The molecule has 0 unspecified atom stereocenters. The zero-order chi connectivity index (χ0) is 10.7. The van der Waals surface area contributed by atoms with Gasteiger partial charge in [0.25, 0.3) is 5.91 Å². The van der Waals surface area contributed by atoms with Crippen LogP contribution in [0.3, 0.4) is 0 Å². The van der Waals surface area contributed by atoms with E-state index in [4.69, 9.17) is 0 Å². The first-order valence-corrected chi connectivity index (χ1v) is 6.63. The lowest BCUT2D eigenvalue weighted by Gasteiger charge is -2.23. The van der Waals surface area contributed by atoms with Gasteiger partial charge in [0, 0.05) is 6.04 Å². The van der Waals surface area contributed by atoms with Gasteiger partial charge in [-0.2, -0.15) is 0 Å². The predicted molar refractivity (Wildman–Crippen MR) is 65.4 cm³/mol. The van der Waals surface area contributed by atoms with Gasteiger partial charge in [-0.25, -0.2) is 0 Å². The summed E-state index contributed by atoms with van der Waals surface area (Å²) in [5, 5.41) is 6.33. The van der Waals surface area contributed by atoms with Gasteiger partial charge in [0.05, 0.1) is 8.66 Å². The number of halogens is 1. The minimum Gasteiger partial charge on any atom is -0.349 e. The van der Waals surface area contributed by atoms with Gasteiger partial charge < -0.3 is 10.6 Å². The van der Waals surface area contributed by atoms with Gasteiger partial charge in [-0.15, -0.1) is 11.3 Å². The highest BCUT2D eigenvalue weighted by molar-refractivity contribution is 9.11. The number of hydrogen-bond donors (Lipinski definition) is 2. The largest absolute Gasteiger partial charge is 0.349 e. The van der Waals surface area contributed by atoms with Gasteiger partial charge in [-0.1, -0.05) is 0 Å². The Morgan fingerprint density at radius 3 is 2.80 bits per heavy atom. The van der Waals surface area contributed by atoms with Crippen molar-refractivity contribution in [1.29, 1.82) is 0 Å². The minimum atomic E-state index is 0.0533. The van der Waals surface area contributed by atoms with E-state index in [-0.39, 0.29) is 5.91 Å². The molecule has 2 heterocycles. The first-order valence-electron chi connectivity index (χ1n) is 5.02. The summed E-state index contributed by atoms with van der Waals surface area (Å²) >= 11 is 4.83. The molecule has 1 amide bonds. The van der Waals surface area contributed by atoms with E-state index in [9.17, 15) is 4.79 Å². The van der Waals surface area contributed by atoms with Crippen molar-refractivity contribution in [2.45, 2.75) is 18.9 Å². The molecule has 0 aromatic carbocycles. The fourth-order valence-corrected chi connectivity index (χ4v) is 2.95. The van der Waals surface area contributed by atoms with Gasteiger partial charge in [0.2, 0.25) is 0 Å². The summed E-state index contributed by atoms with van der Waals surface area (Å²) in [5.41, 5.74) is 0. The second kappa shape index (κ2) is 5.09. The molecule has 15 heavy (non-hydrogen) atoms. The number of carbonyl (C=O) groups is 1. The summed E-state index contributed by atoms with van der Waals surface area (Å²) in [6, 6.07) is 4.09. The van der Waals surface area contributed by atoms with Crippen molar-refractivity contribution in [3.05, 3.63) is 20.8 Å². The Balaban J connectivity index is 1.91. The topological polar surface area (TPSA) is 41.1 Å². The van der Waals surface area contributed by atoms with Gasteiger partial charge in [0.1, 0.15) is 0 Å². The van der Waals surface area contributed by atoms with Crippen molar-refractivity contribution >= 4 is 33.2 Å². The monoisotopic (exact) mass is 288 g/mol. The quantitative estimate of drug-likeness (QED) is 0.874. The molecule has 1 aliphatic heterocycles. The lowest BCUT2D eigenvalue weighted by molar-refractivity contribution is 0.0933. The van der Waals surface area contributed by atoms with Crippen molar-refractivity contribution in [1.82, 2.24) is 10.6 Å². The van der Waals surface area contributed by atoms with Crippen LogP contribution < -0.4 is 10.6 Å². The first-order chi connectivity index (χ1) is 7.25. The number of amides is 1. The Kier molecular flexibility index (Phi) is 3.77. The van der Waals surface area contributed by atoms with Crippen LogP contribution in [0.25, 0.3) is 0 Å². The summed E-state index contributed by atoms with van der Waals surface area (Å²) in [4.78, 5) is 12.6. The van der Waals surface area contributed by atoms with Gasteiger partial charge in [-0.3, -0.25) is 4.79 Å². The van der Waals surface area contributed by atoms with Crippen LogP contribution in [0, 0.1) is 0 Å². The summed E-state index contributed by atoms with van der Waals surface area (Å²) in [6.45, 7) is 2.00. The Morgan fingerprint density at radius 1 is 1.47 bits per heavy atom. The average molecular weight is 289 g/mol. The van der Waals surface area contributed by atoms with Gasteiger partial charge in [-0.05, 0) is 54.0 Å². The third-order valence-electron chi connectivity index (χ3n) is 2.47. The standard InChI is InChI=1S/C10H13BrN2OS/c11-9-2-1-8(15-9)10(14)13-7-3-5-12-6-4-7/h1-2,7,12H,3-6H2,(H,13,14). The zero-order valence-corrected chi connectivity index (χ0v) is 10.7. The van der Waals surface area contributed by atoms with E-state index in [1.807, 2.05) is 12.1 Å². The molecule has 0 spiro atoms. The second-order valence-electron chi connectivity index (χ2n) is 3.60. The second-order valence-corrected chi connectivity index (χ2v) is 6.06. The number of thiophene rings is 1. The molecule has 0 radical (unpaired) electrons. The Morgan fingerprint density at radius 2 is 2.20 bits per heavy atom. The van der Waals surface area contributed by atoms with E-state index in [1.165, 1.54) is 11.3 Å². The third-order valence-corrected chi connectivity index (χ3v) is 4.09. The Hall–Kier alpha value is -0.390. The summed E-state index contributed by atoms with van der Waals surface area (Å²) in [5.74, 6) is 0.0533. The van der Waals surface area contributed by atoms with E-state index in [2.05, 4.69) is 26.6 Å². The summed E-state index contributed by atoms with van der Waals surface area (Å²) in [6.07, 6.45) is 2.05. The molecule has 1 saturated heterocycles. The fourth-order valence-electron chi connectivity index (χ4n) is 1.66. The Labute approximate surface area is 101 Å². The van der Waals surface area contributed by atoms with Crippen LogP contribution in [0.1, 0.15) is 22.5 Å². The molecule has 0 bridgehead atoms. The first kappa shape index (κ1) is 11.1. The van der Waals surface area contributed by atoms with E-state index in [1.54, 1.807) is 0 Å². The Bertz CT molecular complexity index is 347. The number of rotatable bonds is 2. The molecule has 1 aromatic heterocycles. The SMILES string of the molecule is O=C(NC1CCNCC1)c1ccc(Br)s1. The lowest BCUT2D eigenvalue weighted by atomic mass is 10.1. The van der Waals surface area contributed by atoms with E-state index in [0.29, 0.717) is 6.04 Å². The van der Waals surface area contributed by atoms with Crippen LogP contribution in [0.2, 0.25) is 0 Å². The maximum Gasteiger partial charge on any atom is 0.261 e. The van der Waals surface area contributed by atoms with Crippen LogP contribution in [-0.2, 0) is 0 Å². The van der Waals surface area contributed by atoms with E-state index < -0.39 is 0 Å². The molecule has 82 valence electrons. The summed E-state index contributed by atoms with van der Waals surface area (Å²) < 4.78 is 0.998. The molecule has 0 atom stereocenters. The van der Waals surface area contributed by atoms with Gasteiger partial charge in [0.15, 0.2) is 0 Å². The molecule has 1 aromatic rings. The molecular weight excluding hydrogens is 276 g/mol. The normalized spacial score (nSPS) is 17.7. The third kappa shape index (κ3) is 3.03. The highest BCUT2D eigenvalue weighted by atomic mass is 79.9. The van der Waals surface area contributed by atoms with Crippen molar-refractivity contribution in [3.8, 4) is 0 Å². The van der Waals surface area contributed by atoms with Crippen LogP contribution in [0.4, 0.5) is 0 Å². The highest BCUT2D eigenvalue weighted by Gasteiger charge is 2.17. The molecule has 3 nitrogen and oxygen atoms in total. The van der Waals surface area contributed by atoms with Crippen LogP contribution in [0.15, 0.2) is 15.9 Å². The minimum absolute atomic E-state index is 0.0533. The van der Waals surface area contributed by atoms with E-state index in [0.717, 1.165) is 34.6 Å². The summed E-state index contributed by atoms with van der Waals surface area (Å²) in [7, 11) is 0. The average Bonchev–Trinajstić information content (AvgIpc) is 2.66. The number of piperidine rings is 1. The smallest absolute Gasteiger partial charge is 0.261 e. The van der Waals surface area contributed by atoms with Crippen LogP contribution in [-0.4, -0.2) is 25.0 Å². The molecule has 1 aliphatic rings. The molecule has 5 heteroatoms. The molecular formula is C10H13BrN2OS. The highest BCUT2D eigenvalue weighted by Crippen LogP contribution is 2.22. The molecule has 2 rings (SSSR count). The molecule has 0 saturated carbocycles. The molecule has 0 aliphatic carbocycles.